The molecule has 1 heterocycles. The fraction of sp³-hybridized carbons (Fsp3) is 0.0870. The van der Waals surface area contributed by atoms with Gasteiger partial charge in [-0.3, -0.25) is 19.3 Å². The van der Waals surface area contributed by atoms with Crippen LogP contribution in [0, 0.1) is 5.92 Å². The lowest BCUT2D eigenvalue weighted by Crippen LogP contribution is -2.58. The summed E-state index contributed by atoms with van der Waals surface area (Å²) >= 11 is 5.13. The topological polar surface area (TPSA) is 100 Å². The quantitative estimate of drug-likeness (QED) is 0.262. The van der Waals surface area contributed by atoms with Crippen molar-refractivity contribution >= 4 is 57.7 Å². The number of hydrogen-bond donors (Lipinski definition) is 2. The number of hydrazone groups is 1. The summed E-state index contributed by atoms with van der Waals surface area (Å²) in [4.78, 5) is 38.4. The van der Waals surface area contributed by atoms with Crippen LogP contribution in [0.4, 0.5) is 5.69 Å². The van der Waals surface area contributed by atoms with E-state index in [1.165, 1.54) is 4.90 Å². The van der Waals surface area contributed by atoms with Crippen LogP contribution < -0.4 is 20.4 Å². The highest BCUT2D eigenvalue weighted by molar-refractivity contribution is 7.80. The van der Waals surface area contributed by atoms with Crippen molar-refractivity contribution in [3.8, 4) is 5.75 Å². The molecule has 32 heavy (non-hydrogen) atoms. The van der Waals surface area contributed by atoms with E-state index in [0.717, 1.165) is 17.0 Å². The molecule has 4 rings (SSSR count). The van der Waals surface area contributed by atoms with Crippen LogP contribution in [0.15, 0.2) is 77.9 Å². The maximum Gasteiger partial charge on any atom is 0.277 e. The number of rotatable bonds is 6. The molecule has 0 bridgehead atoms. The number of carbonyl (C=O) groups is 3. The molecule has 1 atom stereocenters. The monoisotopic (exact) mass is 446 g/mol. The number of hydrogen-bond acceptors (Lipinski definition) is 6. The molecular weight excluding hydrogens is 428 g/mol. The summed E-state index contributed by atoms with van der Waals surface area (Å²) in [6.45, 7) is -0.281. The van der Waals surface area contributed by atoms with Crippen LogP contribution in [0.2, 0.25) is 0 Å². The Morgan fingerprint density at radius 2 is 1.78 bits per heavy atom. The van der Waals surface area contributed by atoms with Gasteiger partial charge in [0, 0.05) is 11.6 Å². The molecule has 0 saturated carbocycles. The first kappa shape index (κ1) is 21.1. The molecule has 3 aromatic rings. The minimum absolute atomic E-state index is 0.0108. The summed E-state index contributed by atoms with van der Waals surface area (Å²) in [7, 11) is 0. The Hall–Kier alpha value is -4.11. The smallest absolute Gasteiger partial charge is 0.277 e. The Kier molecular flexibility index (Phi) is 6.18. The molecule has 3 aromatic carbocycles. The van der Waals surface area contributed by atoms with Crippen LogP contribution in [0.5, 0.6) is 5.75 Å². The molecule has 2 N–H and O–H groups in total. The van der Waals surface area contributed by atoms with Gasteiger partial charge in [-0.05, 0) is 35.8 Å². The third-order valence-corrected chi connectivity index (χ3v) is 5.02. The van der Waals surface area contributed by atoms with Gasteiger partial charge >= 0.3 is 0 Å². The van der Waals surface area contributed by atoms with E-state index in [0.29, 0.717) is 11.4 Å². The number of thiocarbonyl (C=S) groups is 1. The lowest BCUT2D eigenvalue weighted by atomic mass is 10.1. The van der Waals surface area contributed by atoms with Crippen molar-refractivity contribution in [1.82, 2.24) is 10.7 Å². The molecule has 9 heteroatoms. The summed E-state index contributed by atoms with van der Waals surface area (Å²) < 4.78 is 5.60. The lowest BCUT2D eigenvalue weighted by Gasteiger charge is -2.30. The van der Waals surface area contributed by atoms with Gasteiger partial charge in [-0.25, -0.2) is 5.43 Å². The number of nitrogens with zero attached hydrogens (tertiary/aromatic N) is 2. The molecule has 1 aliphatic rings. The maximum absolute atomic E-state index is 12.8. The number of ether oxygens (including phenoxy) is 1. The van der Waals surface area contributed by atoms with Gasteiger partial charge in [0.15, 0.2) is 17.6 Å². The highest BCUT2D eigenvalue weighted by Gasteiger charge is 2.38. The van der Waals surface area contributed by atoms with Crippen LogP contribution >= 0.6 is 12.2 Å². The summed E-state index contributed by atoms with van der Waals surface area (Å²) in [6.07, 6.45) is 1.07. The molecule has 0 radical (unpaired) electrons. The predicted octanol–water partition coefficient (Wildman–Crippen LogP) is 2.38. The number of amides is 3. The third-order valence-electron chi connectivity index (χ3n) is 4.74. The second-order valence-corrected chi connectivity index (χ2v) is 7.25. The Morgan fingerprint density at radius 3 is 2.59 bits per heavy atom. The largest absolute Gasteiger partial charge is 0.483 e. The fourth-order valence-electron chi connectivity index (χ4n) is 3.22. The first-order valence-corrected chi connectivity index (χ1v) is 10.1. The van der Waals surface area contributed by atoms with Crippen LogP contribution in [0.25, 0.3) is 10.8 Å². The zero-order valence-electron chi connectivity index (χ0n) is 16.7. The standard InChI is InChI=1S/C23H18N4O4S/c28-20(14-31-19-12-6-8-15-7-4-5-11-17(15)19)26-24-13-18-21(29)25-23(32)27(22(18)30)16-9-2-1-3-10-16/h1-13,18H,14H2,(H,26,28)(H,25,29,32)/b24-13-/t18-/m0/s1. The Bertz CT molecular complexity index is 1220. The van der Waals surface area contributed by atoms with E-state index in [1.807, 2.05) is 36.4 Å². The van der Waals surface area contributed by atoms with Crippen molar-refractivity contribution in [3.05, 3.63) is 72.8 Å². The first-order chi connectivity index (χ1) is 15.5. The Labute approximate surface area is 188 Å². The van der Waals surface area contributed by atoms with Gasteiger partial charge in [0.2, 0.25) is 5.91 Å². The molecular formula is C23H18N4O4S. The van der Waals surface area contributed by atoms with E-state index < -0.39 is 23.6 Å². The molecule has 1 saturated heterocycles. The van der Waals surface area contributed by atoms with Crippen molar-refractivity contribution < 1.29 is 19.1 Å². The molecule has 0 spiro atoms. The second-order valence-electron chi connectivity index (χ2n) is 6.86. The second kappa shape index (κ2) is 9.36. The summed E-state index contributed by atoms with van der Waals surface area (Å²) in [5, 5.41) is 8.11. The number of para-hydroxylation sites is 1. The van der Waals surface area contributed by atoms with Crippen molar-refractivity contribution in [2.24, 2.45) is 11.0 Å². The van der Waals surface area contributed by atoms with Gasteiger partial charge in [0.25, 0.3) is 11.8 Å². The normalized spacial score (nSPS) is 16.3. The van der Waals surface area contributed by atoms with Crippen molar-refractivity contribution in [3.63, 3.8) is 0 Å². The molecule has 0 aliphatic carbocycles. The summed E-state index contributed by atoms with van der Waals surface area (Å²) in [6, 6.07) is 21.9. The van der Waals surface area contributed by atoms with E-state index in [9.17, 15) is 14.4 Å². The van der Waals surface area contributed by atoms with E-state index in [2.05, 4.69) is 15.8 Å². The molecule has 0 aromatic heterocycles. The Balaban J connectivity index is 1.38. The highest BCUT2D eigenvalue weighted by atomic mass is 32.1. The Morgan fingerprint density at radius 1 is 1.06 bits per heavy atom. The van der Waals surface area contributed by atoms with Gasteiger partial charge in [-0.2, -0.15) is 5.10 Å². The van der Waals surface area contributed by atoms with Crippen molar-refractivity contribution in [2.45, 2.75) is 0 Å². The van der Waals surface area contributed by atoms with E-state index in [1.54, 1.807) is 36.4 Å². The van der Waals surface area contributed by atoms with Gasteiger partial charge in [-0.15, -0.1) is 0 Å². The van der Waals surface area contributed by atoms with Crippen molar-refractivity contribution in [2.75, 3.05) is 11.5 Å². The SMILES string of the molecule is O=C(COc1cccc2ccccc12)N/N=C\[C@H]1C(=O)NC(=S)N(c2ccccc2)C1=O. The molecule has 1 aliphatic heterocycles. The molecule has 8 nitrogen and oxygen atoms in total. The third kappa shape index (κ3) is 4.47. The van der Waals surface area contributed by atoms with E-state index in [4.69, 9.17) is 17.0 Å². The first-order valence-electron chi connectivity index (χ1n) is 9.71. The number of benzene rings is 3. The molecule has 3 amide bonds. The molecule has 1 fully saturated rings. The van der Waals surface area contributed by atoms with E-state index >= 15 is 0 Å². The predicted molar refractivity (Wildman–Crippen MR) is 124 cm³/mol. The van der Waals surface area contributed by atoms with Gasteiger partial charge in [0.1, 0.15) is 5.75 Å². The minimum atomic E-state index is -1.24. The van der Waals surface area contributed by atoms with Gasteiger partial charge < -0.3 is 10.1 Å². The summed E-state index contributed by atoms with van der Waals surface area (Å²) in [5.41, 5.74) is 2.80. The number of carbonyl (C=O) groups excluding carboxylic acids is 3. The van der Waals surface area contributed by atoms with Crippen LogP contribution in [-0.2, 0) is 14.4 Å². The molecule has 0 unspecified atom stereocenters. The number of anilines is 1. The maximum atomic E-state index is 12.8. The zero-order valence-corrected chi connectivity index (χ0v) is 17.5. The van der Waals surface area contributed by atoms with Gasteiger partial charge in [0.05, 0.1) is 5.69 Å². The average Bonchev–Trinajstić information content (AvgIpc) is 2.80. The van der Waals surface area contributed by atoms with E-state index in [-0.39, 0.29) is 11.7 Å². The number of fused-ring (bicyclic) bond motifs is 1. The van der Waals surface area contributed by atoms with Gasteiger partial charge in [-0.1, -0.05) is 54.6 Å². The summed E-state index contributed by atoms with van der Waals surface area (Å²) in [5.74, 6) is -2.38. The van der Waals surface area contributed by atoms with Crippen molar-refractivity contribution in [1.29, 1.82) is 0 Å². The average molecular weight is 446 g/mol. The number of nitrogens with one attached hydrogen (secondary N) is 2. The van der Waals surface area contributed by atoms with Crippen LogP contribution in [0.1, 0.15) is 0 Å². The van der Waals surface area contributed by atoms with Crippen LogP contribution in [-0.4, -0.2) is 35.7 Å². The zero-order chi connectivity index (χ0) is 22.5. The lowest BCUT2D eigenvalue weighted by molar-refractivity contribution is -0.130. The van der Waals surface area contributed by atoms with Crippen LogP contribution in [0.3, 0.4) is 0 Å². The highest BCUT2D eigenvalue weighted by Crippen LogP contribution is 2.25. The molecule has 160 valence electrons. The fourth-order valence-corrected chi connectivity index (χ4v) is 3.52. The minimum Gasteiger partial charge on any atom is -0.483 e.